The Morgan fingerprint density at radius 3 is 2.15 bits per heavy atom. The van der Waals surface area contributed by atoms with E-state index >= 15 is 0 Å². The van der Waals surface area contributed by atoms with Gasteiger partial charge in [-0.1, -0.05) is 37.0 Å². The highest BCUT2D eigenvalue weighted by Crippen LogP contribution is 2.25. The second-order valence-corrected chi connectivity index (χ2v) is 7.50. The zero-order valence-electron chi connectivity index (χ0n) is 11.0. The highest BCUT2D eigenvalue weighted by Gasteiger charge is 2.27. The molecule has 112 valence electrons. The number of aliphatic carboxylic acids is 1. The summed E-state index contributed by atoms with van der Waals surface area (Å²) in [5.41, 5.74) is 0. The number of rotatable bonds is 6. The molecule has 20 heavy (non-hydrogen) atoms. The van der Waals surface area contributed by atoms with Crippen molar-refractivity contribution in [3.05, 3.63) is 28.2 Å². The van der Waals surface area contributed by atoms with E-state index in [4.69, 9.17) is 28.3 Å². The summed E-state index contributed by atoms with van der Waals surface area (Å²) in [7, 11) is -3.95. The molecule has 8 heteroatoms. The molecule has 1 aromatic carbocycles. The third-order valence-electron chi connectivity index (χ3n) is 2.35. The molecule has 0 amide bonds. The largest absolute Gasteiger partial charge is 0.480 e. The molecule has 0 aromatic heterocycles. The lowest BCUT2D eigenvalue weighted by Gasteiger charge is -2.22. The fourth-order valence-electron chi connectivity index (χ4n) is 1.63. The van der Waals surface area contributed by atoms with Gasteiger partial charge in [-0.25, -0.2) is 8.42 Å². The van der Waals surface area contributed by atoms with Crippen LogP contribution in [-0.2, 0) is 14.8 Å². The van der Waals surface area contributed by atoms with Gasteiger partial charge in [0.25, 0.3) is 0 Å². The van der Waals surface area contributed by atoms with Crippen molar-refractivity contribution >= 4 is 39.2 Å². The van der Waals surface area contributed by atoms with Crippen LogP contribution < -0.4 is 0 Å². The molecule has 0 aliphatic rings. The van der Waals surface area contributed by atoms with E-state index in [1.165, 1.54) is 18.2 Å². The smallest absolute Gasteiger partial charge is 0.318 e. The molecule has 0 aliphatic carbocycles. The van der Waals surface area contributed by atoms with Gasteiger partial charge in [0.15, 0.2) is 0 Å². The summed E-state index contributed by atoms with van der Waals surface area (Å²) in [4.78, 5) is 10.7. The summed E-state index contributed by atoms with van der Waals surface area (Å²) in [5.74, 6) is -1.24. The summed E-state index contributed by atoms with van der Waals surface area (Å²) in [5, 5.41) is 9.21. The van der Waals surface area contributed by atoms with Gasteiger partial charge in [0.2, 0.25) is 10.0 Å². The Kier molecular flexibility index (Phi) is 5.82. The number of sulfonamides is 1. The standard InChI is InChI=1S/C12H15Cl2NO4S/c1-8(2)6-15(7-12(16)17)20(18,19)11-4-9(13)3-10(14)5-11/h3-5,8H,6-7H2,1-2H3,(H,16,17). The Morgan fingerprint density at radius 1 is 1.25 bits per heavy atom. The molecule has 0 spiro atoms. The average molecular weight is 340 g/mol. The van der Waals surface area contributed by atoms with Gasteiger partial charge in [-0.2, -0.15) is 4.31 Å². The summed E-state index contributed by atoms with van der Waals surface area (Å²) in [6.07, 6.45) is 0. The van der Waals surface area contributed by atoms with Crippen LogP contribution in [0.15, 0.2) is 23.1 Å². The van der Waals surface area contributed by atoms with Crippen molar-refractivity contribution in [3.63, 3.8) is 0 Å². The van der Waals surface area contributed by atoms with Gasteiger partial charge in [0.1, 0.15) is 6.54 Å². The van der Waals surface area contributed by atoms with Gasteiger partial charge in [0.05, 0.1) is 4.90 Å². The molecule has 0 bridgehead atoms. The van der Waals surface area contributed by atoms with E-state index in [0.717, 1.165) is 4.31 Å². The van der Waals surface area contributed by atoms with Crippen LogP contribution in [0, 0.1) is 5.92 Å². The van der Waals surface area contributed by atoms with Crippen molar-refractivity contribution in [2.75, 3.05) is 13.1 Å². The van der Waals surface area contributed by atoms with Crippen LogP contribution in [0.2, 0.25) is 10.0 Å². The Hall–Kier alpha value is -0.820. The number of benzene rings is 1. The fraction of sp³-hybridized carbons (Fsp3) is 0.417. The predicted molar refractivity (Wildman–Crippen MR) is 77.7 cm³/mol. The summed E-state index contributed by atoms with van der Waals surface area (Å²) in [6, 6.07) is 3.90. The lowest BCUT2D eigenvalue weighted by molar-refractivity contribution is -0.137. The summed E-state index contributed by atoms with van der Waals surface area (Å²) in [6.45, 7) is 3.09. The van der Waals surface area contributed by atoms with E-state index in [1.54, 1.807) is 13.8 Å². The van der Waals surface area contributed by atoms with Gasteiger partial charge < -0.3 is 5.11 Å². The molecule has 1 N–H and O–H groups in total. The number of carbonyl (C=O) groups is 1. The van der Waals surface area contributed by atoms with E-state index in [-0.39, 0.29) is 27.4 Å². The van der Waals surface area contributed by atoms with Gasteiger partial charge in [-0.15, -0.1) is 0 Å². The van der Waals surface area contributed by atoms with E-state index in [9.17, 15) is 13.2 Å². The lowest BCUT2D eigenvalue weighted by atomic mass is 10.2. The van der Waals surface area contributed by atoms with Gasteiger partial charge >= 0.3 is 5.97 Å². The first kappa shape index (κ1) is 17.2. The van der Waals surface area contributed by atoms with Crippen molar-refractivity contribution in [3.8, 4) is 0 Å². The quantitative estimate of drug-likeness (QED) is 0.864. The number of halogens is 2. The highest BCUT2D eigenvalue weighted by molar-refractivity contribution is 7.89. The Bertz CT molecular complexity index is 581. The van der Waals surface area contributed by atoms with E-state index in [2.05, 4.69) is 0 Å². The molecule has 0 unspecified atom stereocenters. The topological polar surface area (TPSA) is 74.7 Å². The van der Waals surface area contributed by atoms with Crippen LogP contribution in [-0.4, -0.2) is 36.9 Å². The minimum Gasteiger partial charge on any atom is -0.480 e. The first-order valence-electron chi connectivity index (χ1n) is 5.81. The van der Waals surface area contributed by atoms with Crippen LogP contribution in [0.4, 0.5) is 0 Å². The van der Waals surface area contributed by atoms with Crippen molar-refractivity contribution in [2.45, 2.75) is 18.7 Å². The van der Waals surface area contributed by atoms with Crippen molar-refractivity contribution in [1.82, 2.24) is 4.31 Å². The van der Waals surface area contributed by atoms with Crippen LogP contribution in [0.3, 0.4) is 0 Å². The lowest BCUT2D eigenvalue weighted by Crippen LogP contribution is -2.38. The molecule has 1 rings (SSSR count). The molecule has 0 fully saturated rings. The van der Waals surface area contributed by atoms with E-state index < -0.39 is 22.5 Å². The molecule has 0 atom stereocenters. The van der Waals surface area contributed by atoms with Crippen LogP contribution in [0.1, 0.15) is 13.8 Å². The number of hydrogen-bond acceptors (Lipinski definition) is 3. The van der Waals surface area contributed by atoms with Gasteiger partial charge in [-0.05, 0) is 24.1 Å². The normalized spacial score (nSPS) is 12.1. The van der Waals surface area contributed by atoms with Gasteiger partial charge in [0, 0.05) is 16.6 Å². The third-order valence-corrected chi connectivity index (χ3v) is 4.58. The van der Waals surface area contributed by atoms with Crippen molar-refractivity contribution in [2.24, 2.45) is 5.92 Å². The minimum atomic E-state index is -3.95. The van der Waals surface area contributed by atoms with Crippen LogP contribution in [0.25, 0.3) is 0 Å². The fourth-order valence-corrected chi connectivity index (χ4v) is 3.91. The van der Waals surface area contributed by atoms with Crippen molar-refractivity contribution in [1.29, 1.82) is 0 Å². The molecule has 0 heterocycles. The molecular formula is C12H15Cl2NO4S. The van der Waals surface area contributed by atoms with Gasteiger partial charge in [-0.3, -0.25) is 4.79 Å². The van der Waals surface area contributed by atoms with E-state index in [0.29, 0.717) is 0 Å². The zero-order chi connectivity index (χ0) is 15.5. The van der Waals surface area contributed by atoms with E-state index in [1.807, 2.05) is 0 Å². The first-order chi connectivity index (χ1) is 9.12. The van der Waals surface area contributed by atoms with Crippen LogP contribution >= 0.6 is 23.2 Å². The molecule has 5 nitrogen and oxygen atoms in total. The SMILES string of the molecule is CC(C)CN(CC(=O)O)S(=O)(=O)c1cc(Cl)cc(Cl)c1. The molecule has 1 aromatic rings. The Labute approximate surface area is 128 Å². The third kappa shape index (κ3) is 4.63. The maximum absolute atomic E-state index is 12.5. The second kappa shape index (κ2) is 6.76. The zero-order valence-corrected chi connectivity index (χ0v) is 13.3. The maximum atomic E-state index is 12.5. The number of carboxylic acid groups (broad SMARTS) is 1. The predicted octanol–water partition coefficient (Wildman–Crippen LogP) is 2.72. The maximum Gasteiger partial charge on any atom is 0.318 e. The highest BCUT2D eigenvalue weighted by atomic mass is 35.5. The molecular weight excluding hydrogens is 325 g/mol. The minimum absolute atomic E-state index is 0.0150. The molecule has 0 saturated carbocycles. The second-order valence-electron chi connectivity index (χ2n) is 4.69. The number of carboxylic acids is 1. The number of nitrogens with zero attached hydrogens (tertiary/aromatic N) is 1. The van der Waals surface area contributed by atoms with Crippen molar-refractivity contribution < 1.29 is 18.3 Å². The van der Waals surface area contributed by atoms with Crippen LogP contribution in [0.5, 0.6) is 0 Å². The molecule has 0 saturated heterocycles. The molecule has 0 radical (unpaired) electrons. The summed E-state index contributed by atoms with van der Waals surface area (Å²) < 4.78 is 25.8. The Balaban J connectivity index is 3.24. The Morgan fingerprint density at radius 2 is 1.75 bits per heavy atom. The average Bonchev–Trinajstić information content (AvgIpc) is 2.25. The first-order valence-corrected chi connectivity index (χ1v) is 8.00. The number of hydrogen-bond donors (Lipinski definition) is 1. The monoisotopic (exact) mass is 339 g/mol. The summed E-state index contributed by atoms with van der Waals surface area (Å²) >= 11 is 11.6. The molecule has 0 aliphatic heterocycles.